The molecule has 1 amide bonds. The molecule has 7 heteroatoms. The first-order valence-electron chi connectivity index (χ1n) is 6.06. The Hall–Kier alpha value is -1.63. The average Bonchev–Trinajstić information content (AvgIpc) is 3.18. The van der Waals surface area contributed by atoms with Crippen LogP contribution in [0.3, 0.4) is 0 Å². The largest absolute Gasteiger partial charge is 0.416 e. The summed E-state index contributed by atoms with van der Waals surface area (Å²) in [5.74, 6) is -0.400. The maximum absolute atomic E-state index is 12.6. The van der Waals surface area contributed by atoms with Gasteiger partial charge in [-0.3, -0.25) is 4.79 Å². The van der Waals surface area contributed by atoms with Crippen molar-refractivity contribution in [2.45, 2.75) is 25.1 Å². The van der Waals surface area contributed by atoms with Crippen molar-refractivity contribution in [3.05, 3.63) is 35.4 Å². The second kappa shape index (κ2) is 5.40. The van der Waals surface area contributed by atoms with Crippen molar-refractivity contribution in [2.24, 2.45) is 11.7 Å². The van der Waals surface area contributed by atoms with Crippen LogP contribution in [0.1, 0.15) is 28.8 Å². The molecule has 0 heterocycles. The van der Waals surface area contributed by atoms with Crippen LogP contribution in [0.5, 0.6) is 0 Å². The lowest BCUT2D eigenvalue weighted by molar-refractivity contribution is -0.137. The van der Waals surface area contributed by atoms with Gasteiger partial charge >= 0.3 is 6.18 Å². The van der Waals surface area contributed by atoms with E-state index in [1.807, 2.05) is 0 Å². The lowest BCUT2D eigenvalue weighted by atomic mass is 10.1. The summed E-state index contributed by atoms with van der Waals surface area (Å²) < 4.78 is 37.8. The fourth-order valence-corrected chi connectivity index (χ4v) is 2.16. The number of thiocarbonyl (C=S) groups is 1. The first-order valence-corrected chi connectivity index (χ1v) is 6.47. The second-order valence-corrected chi connectivity index (χ2v) is 5.24. The molecule has 1 aromatic rings. The second-order valence-electron chi connectivity index (χ2n) is 4.77. The molecule has 1 fully saturated rings. The van der Waals surface area contributed by atoms with Crippen LogP contribution in [0.4, 0.5) is 13.2 Å². The summed E-state index contributed by atoms with van der Waals surface area (Å²) in [6.07, 6.45) is -2.66. The van der Waals surface area contributed by atoms with Gasteiger partial charge in [0.15, 0.2) is 0 Å². The Morgan fingerprint density at radius 2 is 2.05 bits per heavy atom. The standard InChI is InChI=1S/C13H13F3N2OS/c14-13(15,16)9-3-1-2-8(6-9)12(19)18-10(11(17)20)7-4-5-7/h1-3,6-7,10H,4-5H2,(H2,17,20)(H,18,19). The van der Waals surface area contributed by atoms with Gasteiger partial charge in [-0.15, -0.1) is 0 Å². The number of benzene rings is 1. The maximum Gasteiger partial charge on any atom is 0.416 e. The SMILES string of the molecule is NC(=S)C(NC(=O)c1cccc(C(F)(F)F)c1)C1CC1. The van der Waals surface area contributed by atoms with E-state index in [1.54, 1.807) is 0 Å². The number of hydrogen-bond acceptors (Lipinski definition) is 2. The third-order valence-electron chi connectivity index (χ3n) is 3.14. The molecule has 0 radical (unpaired) electrons. The summed E-state index contributed by atoms with van der Waals surface area (Å²) in [5.41, 5.74) is 4.63. The molecule has 0 saturated heterocycles. The number of halogens is 3. The highest BCUT2D eigenvalue weighted by Crippen LogP contribution is 2.33. The summed E-state index contributed by atoms with van der Waals surface area (Å²) >= 11 is 4.87. The molecule has 0 spiro atoms. The fraction of sp³-hybridized carbons (Fsp3) is 0.385. The van der Waals surface area contributed by atoms with E-state index in [4.69, 9.17) is 18.0 Å². The molecule has 2 rings (SSSR count). The Bertz CT molecular complexity index is 541. The smallest absolute Gasteiger partial charge is 0.392 e. The van der Waals surface area contributed by atoms with Gasteiger partial charge in [0.1, 0.15) is 0 Å². The molecule has 0 aromatic heterocycles. The van der Waals surface area contributed by atoms with Crippen LogP contribution >= 0.6 is 12.2 Å². The molecule has 1 unspecified atom stereocenters. The number of rotatable bonds is 4. The van der Waals surface area contributed by atoms with E-state index < -0.39 is 23.7 Å². The molecule has 0 aliphatic heterocycles. The molecular formula is C13H13F3N2OS. The van der Waals surface area contributed by atoms with Crippen LogP contribution in [-0.4, -0.2) is 16.9 Å². The quantitative estimate of drug-likeness (QED) is 0.840. The minimum absolute atomic E-state index is 0.0540. The van der Waals surface area contributed by atoms with Gasteiger partial charge < -0.3 is 11.1 Å². The minimum atomic E-state index is -4.48. The number of carbonyl (C=O) groups excluding carboxylic acids is 1. The van der Waals surface area contributed by atoms with E-state index in [-0.39, 0.29) is 16.5 Å². The summed E-state index contributed by atoms with van der Waals surface area (Å²) in [4.78, 5) is 12.1. The molecule has 0 bridgehead atoms. The van der Waals surface area contributed by atoms with E-state index in [0.29, 0.717) is 0 Å². The lowest BCUT2D eigenvalue weighted by Gasteiger charge is -2.17. The Labute approximate surface area is 119 Å². The molecule has 20 heavy (non-hydrogen) atoms. The number of amides is 1. The van der Waals surface area contributed by atoms with Gasteiger partial charge in [-0.1, -0.05) is 18.3 Å². The summed E-state index contributed by atoms with van der Waals surface area (Å²) in [6.45, 7) is 0. The number of hydrogen-bond donors (Lipinski definition) is 2. The Morgan fingerprint density at radius 1 is 1.40 bits per heavy atom. The third kappa shape index (κ3) is 3.47. The number of nitrogens with two attached hydrogens (primary N) is 1. The summed E-state index contributed by atoms with van der Waals surface area (Å²) in [7, 11) is 0. The van der Waals surface area contributed by atoms with Gasteiger partial charge in [0.2, 0.25) is 0 Å². The van der Waals surface area contributed by atoms with Crippen molar-refractivity contribution in [3.63, 3.8) is 0 Å². The number of alkyl halides is 3. The minimum Gasteiger partial charge on any atom is -0.392 e. The summed E-state index contributed by atoms with van der Waals surface area (Å²) in [5, 5.41) is 2.60. The monoisotopic (exact) mass is 302 g/mol. The topological polar surface area (TPSA) is 55.1 Å². The van der Waals surface area contributed by atoms with Gasteiger partial charge in [-0.25, -0.2) is 0 Å². The van der Waals surface area contributed by atoms with Gasteiger partial charge in [0.05, 0.1) is 16.6 Å². The zero-order chi connectivity index (χ0) is 14.9. The molecule has 1 saturated carbocycles. The van der Waals surface area contributed by atoms with Gasteiger partial charge in [0, 0.05) is 5.56 Å². The normalized spacial score (nSPS) is 16.6. The predicted molar refractivity (Wildman–Crippen MR) is 72.2 cm³/mol. The first-order chi connectivity index (χ1) is 9.29. The molecule has 1 atom stereocenters. The van der Waals surface area contributed by atoms with Crippen LogP contribution in [0.2, 0.25) is 0 Å². The lowest BCUT2D eigenvalue weighted by Crippen LogP contribution is -2.45. The Kier molecular flexibility index (Phi) is 3.99. The van der Waals surface area contributed by atoms with Crippen molar-refractivity contribution >= 4 is 23.1 Å². The van der Waals surface area contributed by atoms with E-state index in [1.165, 1.54) is 12.1 Å². The van der Waals surface area contributed by atoms with E-state index in [2.05, 4.69) is 5.32 Å². The molecule has 108 valence electrons. The Morgan fingerprint density at radius 3 is 2.55 bits per heavy atom. The van der Waals surface area contributed by atoms with E-state index in [9.17, 15) is 18.0 Å². The molecule has 1 aromatic carbocycles. The van der Waals surface area contributed by atoms with Crippen molar-refractivity contribution in [1.82, 2.24) is 5.32 Å². The molecule has 1 aliphatic carbocycles. The number of carbonyl (C=O) groups is 1. The predicted octanol–water partition coefficient (Wildman–Crippen LogP) is 2.50. The summed E-state index contributed by atoms with van der Waals surface area (Å²) in [6, 6.07) is 3.81. The molecular weight excluding hydrogens is 289 g/mol. The fourth-order valence-electron chi connectivity index (χ4n) is 1.91. The van der Waals surface area contributed by atoms with Crippen molar-refractivity contribution < 1.29 is 18.0 Å². The van der Waals surface area contributed by atoms with Crippen LogP contribution < -0.4 is 11.1 Å². The van der Waals surface area contributed by atoms with Crippen molar-refractivity contribution in [1.29, 1.82) is 0 Å². The van der Waals surface area contributed by atoms with Crippen LogP contribution in [0.25, 0.3) is 0 Å². The van der Waals surface area contributed by atoms with E-state index in [0.717, 1.165) is 25.0 Å². The molecule has 3 nitrogen and oxygen atoms in total. The van der Waals surface area contributed by atoms with Crippen LogP contribution in [-0.2, 0) is 6.18 Å². The first kappa shape index (κ1) is 14.8. The highest BCUT2D eigenvalue weighted by molar-refractivity contribution is 7.80. The zero-order valence-corrected chi connectivity index (χ0v) is 11.2. The highest BCUT2D eigenvalue weighted by atomic mass is 32.1. The number of nitrogens with one attached hydrogen (secondary N) is 1. The van der Waals surface area contributed by atoms with Gasteiger partial charge in [-0.05, 0) is 37.0 Å². The van der Waals surface area contributed by atoms with Gasteiger partial charge in [-0.2, -0.15) is 13.2 Å². The van der Waals surface area contributed by atoms with Crippen LogP contribution in [0.15, 0.2) is 24.3 Å². The molecule has 1 aliphatic rings. The highest BCUT2D eigenvalue weighted by Gasteiger charge is 2.35. The Balaban J connectivity index is 2.14. The van der Waals surface area contributed by atoms with Crippen molar-refractivity contribution in [3.8, 4) is 0 Å². The van der Waals surface area contributed by atoms with Gasteiger partial charge in [0.25, 0.3) is 5.91 Å². The third-order valence-corrected chi connectivity index (χ3v) is 3.39. The molecule has 3 N–H and O–H groups in total. The van der Waals surface area contributed by atoms with Crippen LogP contribution in [0, 0.1) is 5.92 Å². The maximum atomic E-state index is 12.6. The van der Waals surface area contributed by atoms with Crippen molar-refractivity contribution in [2.75, 3.05) is 0 Å². The van der Waals surface area contributed by atoms with E-state index >= 15 is 0 Å². The average molecular weight is 302 g/mol. The zero-order valence-electron chi connectivity index (χ0n) is 10.4.